The van der Waals surface area contributed by atoms with Gasteiger partial charge in [-0.25, -0.2) is 13.4 Å². The van der Waals surface area contributed by atoms with Crippen LogP contribution in [0.4, 0.5) is 0 Å². The van der Waals surface area contributed by atoms with Gasteiger partial charge in [-0.15, -0.1) is 11.3 Å². The largest absolute Gasteiger partial charge is 0.309 e. The third kappa shape index (κ3) is 3.97. The first-order valence-corrected chi connectivity index (χ1v) is 12.5. The number of sulfonamides is 1. The van der Waals surface area contributed by atoms with Crippen molar-refractivity contribution in [3.63, 3.8) is 0 Å². The second-order valence-electron chi connectivity index (χ2n) is 7.58. The molecule has 8 nitrogen and oxygen atoms in total. The molecule has 0 aliphatic carbocycles. The maximum atomic E-state index is 12.8. The van der Waals surface area contributed by atoms with Crippen molar-refractivity contribution in [3.8, 4) is 11.1 Å². The third-order valence-electron chi connectivity index (χ3n) is 5.55. The second-order valence-corrected chi connectivity index (χ2v) is 10.4. The molecular weight excluding hydrogens is 446 g/mol. The van der Waals surface area contributed by atoms with Gasteiger partial charge in [0.2, 0.25) is 10.0 Å². The van der Waals surface area contributed by atoms with E-state index in [1.165, 1.54) is 21.8 Å². The minimum Gasteiger partial charge on any atom is -0.309 e. The molecule has 4 aromatic rings. The number of H-pyrrole nitrogens is 1. The van der Waals surface area contributed by atoms with Crippen molar-refractivity contribution in [2.75, 3.05) is 26.2 Å². The van der Waals surface area contributed by atoms with Gasteiger partial charge in [0.25, 0.3) is 5.56 Å². The van der Waals surface area contributed by atoms with Gasteiger partial charge in [0.1, 0.15) is 15.6 Å². The molecule has 0 saturated carbocycles. The van der Waals surface area contributed by atoms with Crippen molar-refractivity contribution in [3.05, 3.63) is 76.4 Å². The molecule has 164 valence electrons. The van der Waals surface area contributed by atoms with Crippen molar-refractivity contribution in [1.82, 2.24) is 24.2 Å². The fourth-order valence-electron chi connectivity index (χ4n) is 3.89. The minimum absolute atomic E-state index is 0.150. The van der Waals surface area contributed by atoms with E-state index < -0.39 is 10.0 Å². The SMILES string of the molecule is O=c1[nH]c(CN2CCN(S(=O)(=O)c3cccnc3)CC2)nc2scc(-c3ccccc3)c12. The van der Waals surface area contributed by atoms with Gasteiger partial charge in [-0.3, -0.25) is 14.7 Å². The van der Waals surface area contributed by atoms with Crippen LogP contribution in [-0.2, 0) is 16.6 Å². The second kappa shape index (κ2) is 8.55. The minimum atomic E-state index is -3.55. The van der Waals surface area contributed by atoms with Crippen LogP contribution in [0.15, 0.2) is 69.9 Å². The molecule has 0 atom stereocenters. The summed E-state index contributed by atoms with van der Waals surface area (Å²) in [6, 6.07) is 13.0. The summed E-state index contributed by atoms with van der Waals surface area (Å²) in [5.74, 6) is 0.590. The van der Waals surface area contributed by atoms with E-state index in [1.807, 2.05) is 35.7 Å². The highest BCUT2D eigenvalue weighted by Gasteiger charge is 2.29. The first-order chi connectivity index (χ1) is 15.5. The molecule has 1 N–H and O–H groups in total. The maximum absolute atomic E-state index is 12.8. The summed E-state index contributed by atoms with van der Waals surface area (Å²) in [6.45, 7) is 2.33. The monoisotopic (exact) mass is 467 g/mol. The number of pyridine rings is 1. The van der Waals surface area contributed by atoms with Gasteiger partial charge in [0.15, 0.2) is 0 Å². The molecule has 32 heavy (non-hydrogen) atoms. The first-order valence-electron chi connectivity index (χ1n) is 10.2. The number of aromatic nitrogens is 3. The van der Waals surface area contributed by atoms with Crippen LogP contribution < -0.4 is 5.56 Å². The summed E-state index contributed by atoms with van der Waals surface area (Å²) in [4.78, 5) is 27.4. The van der Waals surface area contributed by atoms with E-state index in [9.17, 15) is 13.2 Å². The number of benzene rings is 1. The molecule has 1 aromatic carbocycles. The quantitative estimate of drug-likeness (QED) is 0.484. The molecule has 10 heteroatoms. The number of nitrogens with one attached hydrogen (secondary N) is 1. The molecule has 0 amide bonds. The molecule has 4 heterocycles. The van der Waals surface area contributed by atoms with Crippen LogP contribution in [0.2, 0.25) is 0 Å². The fourth-order valence-corrected chi connectivity index (χ4v) is 6.24. The Morgan fingerprint density at radius 2 is 1.81 bits per heavy atom. The van der Waals surface area contributed by atoms with Gasteiger partial charge in [-0.1, -0.05) is 30.3 Å². The van der Waals surface area contributed by atoms with E-state index in [0.29, 0.717) is 48.8 Å². The molecule has 3 aromatic heterocycles. The summed E-state index contributed by atoms with van der Waals surface area (Å²) in [7, 11) is -3.55. The molecule has 0 spiro atoms. The zero-order valence-corrected chi connectivity index (χ0v) is 18.8. The van der Waals surface area contributed by atoms with Gasteiger partial charge in [0, 0.05) is 49.5 Å². The number of hydrogen-bond acceptors (Lipinski definition) is 7. The van der Waals surface area contributed by atoms with Crippen molar-refractivity contribution >= 4 is 31.6 Å². The Bertz CT molecular complexity index is 1390. The molecule has 1 saturated heterocycles. The molecule has 5 rings (SSSR count). The average Bonchev–Trinajstić information content (AvgIpc) is 3.25. The summed E-state index contributed by atoms with van der Waals surface area (Å²) < 4.78 is 27.0. The topological polar surface area (TPSA) is 99.3 Å². The maximum Gasteiger partial charge on any atom is 0.260 e. The standard InChI is InChI=1S/C22H21N5O3S2/c28-21-20-18(16-5-2-1-3-6-16)15-31-22(20)25-19(24-21)14-26-9-11-27(12-10-26)32(29,30)17-7-4-8-23-13-17/h1-8,13,15H,9-12,14H2,(H,24,25,28). The van der Waals surface area contributed by atoms with Gasteiger partial charge in [0.05, 0.1) is 11.9 Å². The van der Waals surface area contributed by atoms with Gasteiger partial charge < -0.3 is 4.98 Å². The fraction of sp³-hybridized carbons (Fsp3) is 0.227. The van der Waals surface area contributed by atoms with Crippen molar-refractivity contribution in [2.24, 2.45) is 0 Å². The Morgan fingerprint density at radius 1 is 1.03 bits per heavy atom. The lowest BCUT2D eigenvalue weighted by Crippen LogP contribution is -2.48. The lowest BCUT2D eigenvalue weighted by atomic mass is 10.1. The summed E-state index contributed by atoms with van der Waals surface area (Å²) in [5.41, 5.74) is 1.73. The van der Waals surface area contributed by atoms with Gasteiger partial charge in [-0.2, -0.15) is 4.31 Å². The molecule has 0 bridgehead atoms. The number of hydrogen-bond donors (Lipinski definition) is 1. The first kappa shape index (κ1) is 21.0. The van der Waals surface area contributed by atoms with Crippen LogP contribution in [0, 0.1) is 0 Å². The van der Waals surface area contributed by atoms with E-state index >= 15 is 0 Å². The zero-order valence-electron chi connectivity index (χ0n) is 17.1. The number of piperazine rings is 1. The van der Waals surface area contributed by atoms with Crippen molar-refractivity contribution < 1.29 is 8.42 Å². The Labute approximate surface area is 189 Å². The van der Waals surface area contributed by atoms with Crippen molar-refractivity contribution in [2.45, 2.75) is 11.4 Å². The Balaban J connectivity index is 1.31. The number of thiophene rings is 1. The lowest BCUT2D eigenvalue weighted by Gasteiger charge is -2.33. The highest BCUT2D eigenvalue weighted by Crippen LogP contribution is 2.30. The molecule has 1 aliphatic heterocycles. The van der Waals surface area contributed by atoms with E-state index in [-0.39, 0.29) is 10.5 Å². The van der Waals surface area contributed by atoms with E-state index in [2.05, 4.69) is 19.9 Å². The average molecular weight is 468 g/mol. The van der Waals surface area contributed by atoms with Crippen LogP contribution in [0.5, 0.6) is 0 Å². The Morgan fingerprint density at radius 3 is 2.53 bits per heavy atom. The normalized spacial score (nSPS) is 15.9. The summed E-state index contributed by atoms with van der Waals surface area (Å²) in [5, 5.41) is 2.58. The van der Waals surface area contributed by atoms with Crippen LogP contribution in [-0.4, -0.2) is 58.8 Å². The number of aromatic amines is 1. The summed E-state index contributed by atoms with van der Waals surface area (Å²) >= 11 is 1.46. The zero-order chi connectivity index (χ0) is 22.1. The van der Waals surface area contributed by atoms with E-state index in [4.69, 9.17) is 0 Å². The smallest absolute Gasteiger partial charge is 0.260 e. The lowest BCUT2D eigenvalue weighted by molar-refractivity contribution is 0.178. The van der Waals surface area contributed by atoms with Crippen molar-refractivity contribution in [1.29, 1.82) is 0 Å². The number of rotatable bonds is 5. The molecule has 1 aliphatic rings. The van der Waals surface area contributed by atoms with Gasteiger partial charge in [-0.05, 0) is 17.7 Å². The van der Waals surface area contributed by atoms with Crippen LogP contribution in [0.1, 0.15) is 5.82 Å². The third-order valence-corrected chi connectivity index (χ3v) is 8.31. The number of nitrogens with zero attached hydrogens (tertiary/aromatic N) is 4. The van der Waals surface area contributed by atoms with E-state index in [1.54, 1.807) is 18.3 Å². The highest BCUT2D eigenvalue weighted by atomic mass is 32.2. The molecule has 0 radical (unpaired) electrons. The predicted molar refractivity (Wildman–Crippen MR) is 124 cm³/mol. The molecule has 0 unspecified atom stereocenters. The number of fused-ring (bicyclic) bond motifs is 1. The molecule has 1 fully saturated rings. The Kier molecular flexibility index (Phi) is 5.60. The predicted octanol–water partition coefficient (Wildman–Crippen LogP) is 2.55. The Hall–Kier alpha value is -2.92. The molecular formula is C22H21N5O3S2. The summed E-state index contributed by atoms with van der Waals surface area (Å²) in [6.07, 6.45) is 2.92. The van der Waals surface area contributed by atoms with Gasteiger partial charge >= 0.3 is 0 Å². The van der Waals surface area contributed by atoms with Crippen LogP contribution >= 0.6 is 11.3 Å². The van der Waals surface area contributed by atoms with E-state index in [0.717, 1.165) is 11.1 Å². The van der Waals surface area contributed by atoms with Crippen LogP contribution in [0.25, 0.3) is 21.3 Å². The van der Waals surface area contributed by atoms with Crippen LogP contribution in [0.3, 0.4) is 0 Å². The highest BCUT2D eigenvalue weighted by molar-refractivity contribution is 7.89.